The van der Waals surface area contributed by atoms with Crippen molar-refractivity contribution in [3.8, 4) is 0 Å². The van der Waals surface area contributed by atoms with Gasteiger partial charge in [0.15, 0.2) is 5.82 Å². The largest absolute Gasteiger partial charge is 0.373 e. The van der Waals surface area contributed by atoms with Crippen LogP contribution in [0.25, 0.3) is 0 Å². The summed E-state index contributed by atoms with van der Waals surface area (Å²) in [5.41, 5.74) is 0.444. The molecule has 1 amide bonds. The number of aromatic nitrogens is 4. The van der Waals surface area contributed by atoms with Gasteiger partial charge >= 0.3 is 0 Å². The zero-order valence-electron chi connectivity index (χ0n) is 10.6. The number of carbonyl (C=O) groups is 1. The summed E-state index contributed by atoms with van der Waals surface area (Å²) in [6.07, 6.45) is 1.69. The molecular weight excluding hydrogens is 244 g/mol. The van der Waals surface area contributed by atoms with E-state index in [1.165, 1.54) is 0 Å². The number of anilines is 1. The third-order valence-corrected chi connectivity index (χ3v) is 3.15. The predicted molar refractivity (Wildman–Crippen MR) is 68.5 cm³/mol. The van der Waals surface area contributed by atoms with E-state index in [2.05, 4.69) is 20.5 Å². The number of amides is 1. The lowest BCUT2D eigenvalue weighted by Crippen LogP contribution is -2.38. The minimum atomic E-state index is -0.0775. The number of pyridine rings is 1. The van der Waals surface area contributed by atoms with Crippen LogP contribution in [0.4, 0.5) is 5.82 Å². The lowest BCUT2D eigenvalue weighted by molar-refractivity contribution is 0.0701. The molecule has 19 heavy (non-hydrogen) atoms. The Balaban J connectivity index is 1.81. The molecule has 2 aromatic heterocycles. The molecule has 1 aliphatic heterocycles. The molecule has 7 nitrogen and oxygen atoms in total. The highest BCUT2D eigenvalue weighted by Gasteiger charge is 2.23. The van der Waals surface area contributed by atoms with Crippen LogP contribution in [-0.4, -0.2) is 44.1 Å². The topological polar surface area (TPSA) is 75.9 Å². The second-order valence-electron chi connectivity index (χ2n) is 4.33. The average Bonchev–Trinajstić information content (AvgIpc) is 2.94. The van der Waals surface area contributed by atoms with Crippen LogP contribution >= 0.6 is 0 Å². The Morgan fingerprint density at radius 2 is 2.26 bits per heavy atom. The number of carbonyl (C=O) groups excluding carboxylic acids is 1. The zero-order chi connectivity index (χ0) is 13.2. The van der Waals surface area contributed by atoms with Crippen molar-refractivity contribution in [2.75, 3.05) is 18.9 Å². The maximum atomic E-state index is 12.4. The van der Waals surface area contributed by atoms with E-state index in [1.54, 1.807) is 24.3 Å². The maximum absolute atomic E-state index is 12.4. The summed E-state index contributed by atoms with van der Waals surface area (Å²) in [5.74, 6) is 1.42. The lowest BCUT2D eigenvalue weighted by atomic mass is 10.2. The third-order valence-electron chi connectivity index (χ3n) is 3.15. The summed E-state index contributed by atoms with van der Waals surface area (Å²) < 4.78 is 1.96. The number of hydrogen-bond donors (Lipinski definition) is 1. The zero-order valence-corrected chi connectivity index (χ0v) is 10.6. The first kappa shape index (κ1) is 11.6. The Bertz CT molecular complexity index is 608. The van der Waals surface area contributed by atoms with Gasteiger partial charge in [0.25, 0.3) is 5.91 Å². The van der Waals surface area contributed by atoms with Crippen LogP contribution in [0.5, 0.6) is 0 Å². The minimum absolute atomic E-state index is 0.0775. The van der Waals surface area contributed by atoms with Gasteiger partial charge in [0, 0.05) is 20.1 Å². The van der Waals surface area contributed by atoms with Crippen molar-refractivity contribution in [1.82, 2.24) is 24.6 Å². The molecule has 3 heterocycles. The van der Waals surface area contributed by atoms with Gasteiger partial charge in [0.1, 0.15) is 17.8 Å². The van der Waals surface area contributed by atoms with Crippen LogP contribution in [0.1, 0.15) is 16.3 Å². The number of nitrogens with zero attached hydrogens (tertiary/aromatic N) is 5. The maximum Gasteiger partial charge on any atom is 0.273 e. The van der Waals surface area contributed by atoms with Crippen molar-refractivity contribution in [3.63, 3.8) is 0 Å². The highest BCUT2D eigenvalue weighted by atomic mass is 16.2. The molecule has 1 aliphatic rings. The fourth-order valence-corrected chi connectivity index (χ4v) is 2.09. The molecule has 0 atom stereocenters. The Kier molecular flexibility index (Phi) is 2.86. The molecule has 0 aromatic carbocycles. The molecule has 0 saturated carbocycles. The Morgan fingerprint density at radius 3 is 3.11 bits per heavy atom. The van der Waals surface area contributed by atoms with Gasteiger partial charge in [-0.3, -0.25) is 4.79 Å². The molecule has 1 N–H and O–H groups in total. The van der Waals surface area contributed by atoms with Crippen LogP contribution in [0, 0.1) is 0 Å². The molecule has 0 radical (unpaired) electrons. The fourth-order valence-electron chi connectivity index (χ4n) is 2.09. The van der Waals surface area contributed by atoms with Gasteiger partial charge in [-0.05, 0) is 12.1 Å². The van der Waals surface area contributed by atoms with Gasteiger partial charge in [0.05, 0.1) is 6.54 Å². The number of rotatable bonds is 2. The molecule has 98 valence electrons. The second kappa shape index (κ2) is 4.68. The van der Waals surface area contributed by atoms with E-state index >= 15 is 0 Å². The van der Waals surface area contributed by atoms with Crippen molar-refractivity contribution in [2.24, 2.45) is 0 Å². The molecule has 7 heteroatoms. The molecule has 2 aromatic rings. The summed E-state index contributed by atoms with van der Waals surface area (Å²) in [6, 6.07) is 5.37. The smallest absolute Gasteiger partial charge is 0.273 e. The van der Waals surface area contributed by atoms with Gasteiger partial charge in [-0.1, -0.05) is 6.07 Å². The van der Waals surface area contributed by atoms with E-state index in [1.807, 2.05) is 16.7 Å². The van der Waals surface area contributed by atoms with E-state index in [4.69, 9.17) is 0 Å². The monoisotopic (exact) mass is 258 g/mol. The van der Waals surface area contributed by atoms with Crippen LogP contribution in [-0.2, 0) is 13.1 Å². The first-order chi connectivity index (χ1) is 9.28. The second-order valence-corrected chi connectivity index (χ2v) is 4.33. The van der Waals surface area contributed by atoms with Gasteiger partial charge in [-0.25, -0.2) is 4.98 Å². The molecule has 0 spiro atoms. The van der Waals surface area contributed by atoms with Gasteiger partial charge in [-0.15, -0.1) is 10.2 Å². The van der Waals surface area contributed by atoms with Crippen molar-refractivity contribution in [2.45, 2.75) is 13.1 Å². The van der Waals surface area contributed by atoms with E-state index < -0.39 is 0 Å². The highest BCUT2D eigenvalue weighted by molar-refractivity contribution is 5.92. The molecule has 0 bridgehead atoms. The van der Waals surface area contributed by atoms with Gasteiger partial charge in [0.2, 0.25) is 0 Å². The average molecular weight is 258 g/mol. The van der Waals surface area contributed by atoms with Crippen molar-refractivity contribution in [1.29, 1.82) is 0 Å². The summed E-state index contributed by atoms with van der Waals surface area (Å²) >= 11 is 0. The number of fused-ring (bicyclic) bond motifs is 1. The fraction of sp³-hybridized carbons (Fsp3) is 0.333. The molecule has 3 rings (SSSR count). The highest BCUT2D eigenvalue weighted by Crippen LogP contribution is 2.13. The Hall–Kier alpha value is -2.44. The molecular formula is C12H14N6O. The summed E-state index contributed by atoms with van der Waals surface area (Å²) in [5, 5.41) is 10.8. The summed E-state index contributed by atoms with van der Waals surface area (Å²) in [6.45, 7) is 1.85. The van der Waals surface area contributed by atoms with Crippen LogP contribution in [0.2, 0.25) is 0 Å². The number of hydrogen-bond acceptors (Lipinski definition) is 5. The van der Waals surface area contributed by atoms with Crippen molar-refractivity contribution < 1.29 is 4.79 Å². The molecule has 0 unspecified atom stereocenters. The minimum Gasteiger partial charge on any atom is -0.373 e. The van der Waals surface area contributed by atoms with E-state index in [9.17, 15) is 4.79 Å². The molecule has 0 fully saturated rings. The van der Waals surface area contributed by atoms with Crippen LogP contribution in [0.3, 0.4) is 0 Å². The van der Waals surface area contributed by atoms with Gasteiger partial charge in [-0.2, -0.15) is 0 Å². The Morgan fingerprint density at radius 1 is 1.37 bits per heavy atom. The van der Waals surface area contributed by atoms with E-state index in [-0.39, 0.29) is 5.91 Å². The first-order valence-electron chi connectivity index (χ1n) is 6.08. The summed E-state index contributed by atoms with van der Waals surface area (Å²) in [4.78, 5) is 18.4. The van der Waals surface area contributed by atoms with E-state index in [0.29, 0.717) is 24.6 Å². The standard InChI is InChI=1S/C12H14N6O/c1-13-10-4-2-3-9(15-10)12(19)17-5-6-18-8-14-16-11(18)7-17/h2-4,8H,5-7H2,1H3,(H,13,15). The first-order valence-corrected chi connectivity index (χ1v) is 6.08. The van der Waals surface area contributed by atoms with Crippen LogP contribution < -0.4 is 5.32 Å². The number of nitrogens with one attached hydrogen (secondary N) is 1. The quantitative estimate of drug-likeness (QED) is 0.842. The van der Waals surface area contributed by atoms with Gasteiger partial charge < -0.3 is 14.8 Å². The Labute approximate surface area is 110 Å². The SMILES string of the molecule is CNc1cccc(C(=O)N2CCn3cnnc3C2)n1. The lowest BCUT2D eigenvalue weighted by Gasteiger charge is -2.26. The van der Waals surface area contributed by atoms with Crippen LogP contribution in [0.15, 0.2) is 24.5 Å². The van der Waals surface area contributed by atoms with Crippen molar-refractivity contribution in [3.05, 3.63) is 36.0 Å². The normalized spacial score (nSPS) is 14.1. The summed E-state index contributed by atoms with van der Waals surface area (Å²) in [7, 11) is 1.78. The molecule has 0 saturated heterocycles. The molecule has 0 aliphatic carbocycles. The third kappa shape index (κ3) is 2.14. The van der Waals surface area contributed by atoms with E-state index in [0.717, 1.165) is 12.4 Å². The predicted octanol–water partition coefficient (Wildman–Crippen LogP) is 0.371. The van der Waals surface area contributed by atoms with Crippen molar-refractivity contribution >= 4 is 11.7 Å².